The maximum absolute atomic E-state index is 14.1. The molecule has 8 aromatic carbocycles. The molecule has 0 bridgehead atoms. The monoisotopic (exact) mass is 758 g/mol. The first-order chi connectivity index (χ1) is 28.0. The third-order valence-corrected chi connectivity index (χ3v) is 12.6. The number of carbonyl (C=O) groups excluding carboxylic acids is 1. The molecule has 0 atom stereocenters. The molecule has 3 heterocycles. The first-order valence-corrected chi connectivity index (χ1v) is 20.0. The van der Waals surface area contributed by atoms with Gasteiger partial charge in [-0.15, -0.1) is 0 Å². The van der Waals surface area contributed by atoms with Crippen LogP contribution in [0.2, 0.25) is 0 Å². The fraction of sp³-hybridized carbons (Fsp3) is 0. The summed E-state index contributed by atoms with van der Waals surface area (Å²) >= 11 is 0. The third kappa shape index (κ3) is 5.04. The second-order valence-corrected chi connectivity index (χ2v) is 15.9. The van der Waals surface area contributed by atoms with Crippen molar-refractivity contribution in [3.63, 3.8) is 0 Å². The Kier molecular flexibility index (Phi) is 7.26. The number of ether oxygens (including phenoxy) is 2. The summed E-state index contributed by atoms with van der Waals surface area (Å²) in [4.78, 5) is 18.6. The molecule has 8 aromatic rings. The van der Waals surface area contributed by atoms with E-state index in [0.29, 0.717) is 5.56 Å². The summed E-state index contributed by atoms with van der Waals surface area (Å²) in [6.07, 6.45) is 0. The predicted octanol–water partition coefficient (Wildman–Crippen LogP) is 12.5. The van der Waals surface area contributed by atoms with Gasteiger partial charge in [0.1, 0.15) is 0 Å². The summed E-state index contributed by atoms with van der Waals surface area (Å²) in [6, 6.07) is 57.9. The summed E-state index contributed by atoms with van der Waals surface area (Å²) in [5, 5.41) is 0. The number of hydrogen-bond acceptors (Lipinski definition) is 7. The van der Waals surface area contributed by atoms with Crippen LogP contribution in [0.25, 0.3) is 22.3 Å². The Morgan fingerprint density at radius 2 is 0.860 bits per heavy atom. The molecular formula is C49H30N2O5S. The lowest BCUT2D eigenvalue weighted by Crippen LogP contribution is -2.21. The fourth-order valence-electron chi connectivity index (χ4n) is 8.26. The van der Waals surface area contributed by atoms with Crippen LogP contribution < -0.4 is 19.3 Å². The van der Waals surface area contributed by atoms with E-state index in [1.165, 1.54) is 12.1 Å². The van der Waals surface area contributed by atoms with Crippen LogP contribution in [0.4, 0.5) is 34.1 Å². The fourth-order valence-corrected chi connectivity index (χ4v) is 9.93. The highest BCUT2D eigenvalue weighted by Crippen LogP contribution is 2.55. The van der Waals surface area contributed by atoms with E-state index in [0.717, 1.165) is 73.8 Å². The number of para-hydroxylation sites is 8. The molecule has 0 aliphatic carbocycles. The van der Waals surface area contributed by atoms with Gasteiger partial charge in [-0.25, -0.2) is 8.42 Å². The first kappa shape index (κ1) is 33.0. The maximum Gasteiger partial charge on any atom is 0.208 e. The molecule has 3 aliphatic rings. The normalized spacial score (nSPS) is 14.1. The van der Waals surface area contributed by atoms with Gasteiger partial charge in [0.2, 0.25) is 9.84 Å². The quantitative estimate of drug-likeness (QED) is 0.177. The van der Waals surface area contributed by atoms with Crippen LogP contribution in [0.5, 0.6) is 23.0 Å². The van der Waals surface area contributed by atoms with Crippen LogP contribution in [-0.2, 0) is 9.84 Å². The number of nitrogens with zero attached hydrogens (tertiary/aromatic N) is 2. The smallest absolute Gasteiger partial charge is 0.208 e. The van der Waals surface area contributed by atoms with Gasteiger partial charge >= 0.3 is 0 Å². The average Bonchev–Trinajstić information content (AvgIpc) is 3.26. The van der Waals surface area contributed by atoms with E-state index in [2.05, 4.69) is 52.3 Å². The number of sulfone groups is 1. The third-order valence-electron chi connectivity index (χ3n) is 10.8. The highest BCUT2D eigenvalue weighted by Gasteiger charge is 2.37. The van der Waals surface area contributed by atoms with Gasteiger partial charge in [0.25, 0.3) is 0 Å². The summed E-state index contributed by atoms with van der Waals surface area (Å²) in [5.74, 6) is 2.64. The minimum atomic E-state index is -3.92. The van der Waals surface area contributed by atoms with Gasteiger partial charge in [-0.05, 0) is 102 Å². The predicted molar refractivity (Wildman–Crippen MR) is 222 cm³/mol. The van der Waals surface area contributed by atoms with E-state index in [4.69, 9.17) is 9.47 Å². The molecule has 0 amide bonds. The van der Waals surface area contributed by atoms with Crippen molar-refractivity contribution in [3.8, 4) is 45.3 Å². The molecule has 8 heteroatoms. The van der Waals surface area contributed by atoms with Gasteiger partial charge < -0.3 is 19.3 Å². The first-order valence-electron chi connectivity index (χ1n) is 18.5. The lowest BCUT2D eigenvalue weighted by atomic mass is 9.91. The molecule has 0 spiro atoms. The molecule has 0 saturated carbocycles. The van der Waals surface area contributed by atoms with E-state index in [9.17, 15) is 13.2 Å². The van der Waals surface area contributed by atoms with Gasteiger partial charge in [-0.2, -0.15) is 0 Å². The van der Waals surface area contributed by atoms with Crippen molar-refractivity contribution in [2.45, 2.75) is 9.79 Å². The standard InChI is InChI=1S/C49H30N2O5S/c52-49-36-15-1-10-25-46(36)57(53,54)47-26-12-16-35(48(47)49)32-14-11-13-31(29-32)34-28-27-33(50-37-17-2-6-21-42(37)55-43-22-7-3-18-38(43)50)30-41(34)51-39-19-4-8-23-44(39)56-45-24-9-5-20-40(45)51/h1-30H. The number of anilines is 6. The SMILES string of the molecule is O=C1c2ccccc2S(=O)(=O)c2cccc(-c3cccc(-c4ccc(N5c6ccccc6Oc6ccccc65)cc4N4c5ccccc5Oc5ccccc54)c3)c21. The molecule has 0 unspecified atom stereocenters. The van der Waals surface area contributed by atoms with Crippen LogP contribution in [0.15, 0.2) is 192 Å². The highest BCUT2D eigenvalue weighted by atomic mass is 32.2. The van der Waals surface area contributed by atoms with E-state index >= 15 is 0 Å². The number of benzene rings is 8. The molecule has 0 aromatic heterocycles. The molecule has 0 fully saturated rings. The number of ketones is 1. The molecule has 11 rings (SSSR count). The topological polar surface area (TPSA) is 76.2 Å². The Morgan fingerprint density at radius 1 is 0.386 bits per heavy atom. The van der Waals surface area contributed by atoms with Crippen molar-refractivity contribution < 1.29 is 22.7 Å². The minimum absolute atomic E-state index is 0.0201. The van der Waals surface area contributed by atoms with Crippen molar-refractivity contribution >= 4 is 49.7 Å². The largest absolute Gasteiger partial charge is 0.453 e. The van der Waals surface area contributed by atoms with Crippen LogP contribution >= 0.6 is 0 Å². The summed E-state index contributed by atoms with van der Waals surface area (Å²) in [6.45, 7) is 0. The highest BCUT2D eigenvalue weighted by molar-refractivity contribution is 7.91. The lowest BCUT2D eigenvalue weighted by Gasteiger charge is -2.36. The minimum Gasteiger partial charge on any atom is -0.453 e. The second kappa shape index (κ2) is 12.6. The average molecular weight is 759 g/mol. The number of hydrogen-bond donors (Lipinski definition) is 0. The van der Waals surface area contributed by atoms with Crippen LogP contribution in [-0.4, -0.2) is 14.2 Å². The van der Waals surface area contributed by atoms with E-state index in [-0.39, 0.29) is 26.7 Å². The van der Waals surface area contributed by atoms with E-state index < -0.39 is 9.84 Å². The Balaban J connectivity index is 1.14. The number of carbonyl (C=O) groups is 1. The molecule has 0 saturated heterocycles. The van der Waals surface area contributed by atoms with E-state index in [1.807, 2.05) is 103 Å². The van der Waals surface area contributed by atoms with Crippen LogP contribution in [0, 0.1) is 0 Å². The lowest BCUT2D eigenvalue weighted by molar-refractivity contribution is 0.103. The Labute approximate surface area is 329 Å². The molecule has 3 aliphatic heterocycles. The Morgan fingerprint density at radius 3 is 1.47 bits per heavy atom. The van der Waals surface area contributed by atoms with Gasteiger partial charge in [0.05, 0.1) is 38.2 Å². The van der Waals surface area contributed by atoms with Crippen LogP contribution in [0.1, 0.15) is 15.9 Å². The summed E-state index contributed by atoms with van der Waals surface area (Å²) < 4.78 is 40.6. The molecule has 0 radical (unpaired) electrons. The van der Waals surface area contributed by atoms with E-state index in [1.54, 1.807) is 24.3 Å². The Hall–Kier alpha value is -7.42. The molecule has 57 heavy (non-hydrogen) atoms. The van der Waals surface area contributed by atoms with Crippen molar-refractivity contribution in [3.05, 3.63) is 193 Å². The van der Waals surface area contributed by atoms with Crippen molar-refractivity contribution in [1.29, 1.82) is 0 Å². The number of rotatable bonds is 4. The van der Waals surface area contributed by atoms with Crippen molar-refractivity contribution in [1.82, 2.24) is 0 Å². The summed E-state index contributed by atoms with van der Waals surface area (Å²) in [5.41, 5.74) is 8.81. The van der Waals surface area contributed by atoms with Gasteiger partial charge in [0, 0.05) is 22.4 Å². The molecule has 272 valence electrons. The zero-order chi connectivity index (χ0) is 38.3. The second-order valence-electron chi connectivity index (χ2n) is 14.0. The Bertz CT molecular complexity index is 3010. The van der Waals surface area contributed by atoms with Crippen LogP contribution in [0.3, 0.4) is 0 Å². The molecule has 0 N–H and O–H groups in total. The zero-order valence-corrected chi connectivity index (χ0v) is 31.0. The van der Waals surface area contributed by atoms with Crippen molar-refractivity contribution in [2.75, 3.05) is 9.80 Å². The summed E-state index contributed by atoms with van der Waals surface area (Å²) in [7, 11) is -3.92. The molecule has 7 nitrogen and oxygen atoms in total. The molecular weight excluding hydrogens is 729 g/mol. The maximum atomic E-state index is 14.1. The zero-order valence-electron chi connectivity index (χ0n) is 30.2. The number of fused-ring (bicyclic) bond motifs is 6. The van der Waals surface area contributed by atoms with Gasteiger partial charge in [-0.1, -0.05) is 97.1 Å². The van der Waals surface area contributed by atoms with Gasteiger partial charge in [-0.3, -0.25) is 4.79 Å². The van der Waals surface area contributed by atoms with Gasteiger partial charge in [0.15, 0.2) is 28.8 Å². The van der Waals surface area contributed by atoms with Crippen molar-refractivity contribution in [2.24, 2.45) is 0 Å².